The van der Waals surface area contributed by atoms with E-state index in [-0.39, 0.29) is 10.7 Å². The number of nitriles is 1. The Morgan fingerprint density at radius 1 is 1.47 bits per heavy atom. The minimum absolute atomic E-state index is 0.0399. The first kappa shape index (κ1) is 13.8. The Hall–Kier alpha value is -1.67. The Kier molecular flexibility index (Phi) is 4.01. The third-order valence-electron chi connectivity index (χ3n) is 3.32. The maximum Gasteiger partial charge on any atom is 0.255 e. The lowest BCUT2D eigenvalue weighted by atomic mass is 9.82. The van der Waals surface area contributed by atoms with Gasteiger partial charge in [0.15, 0.2) is 0 Å². The molecule has 0 aliphatic heterocycles. The molecule has 1 aliphatic rings. The number of pyridine rings is 1. The zero-order valence-electron chi connectivity index (χ0n) is 10.2. The van der Waals surface area contributed by atoms with Crippen molar-refractivity contribution in [2.75, 3.05) is 0 Å². The summed E-state index contributed by atoms with van der Waals surface area (Å²) >= 11 is 5.78. The topological polar surface area (TPSA) is 65.8 Å². The Morgan fingerprint density at radius 3 is 2.79 bits per heavy atom. The lowest BCUT2D eigenvalue weighted by Crippen LogP contribution is -2.48. The third-order valence-corrected chi connectivity index (χ3v) is 3.63. The monoisotopic (exact) mass is 281 g/mol. The van der Waals surface area contributed by atoms with Crippen molar-refractivity contribution in [3.63, 3.8) is 0 Å². The molecule has 1 aliphatic carbocycles. The molecule has 1 amide bonds. The van der Waals surface area contributed by atoms with Gasteiger partial charge in [-0.3, -0.25) is 4.79 Å². The molecule has 2 rings (SSSR count). The summed E-state index contributed by atoms with van der Waals surface area (Å²) in [5, 5.41) is 11.9. The predicted octanol–water partition coefficient (Wildman–Crippen LogP) is 2.83. The molecule has 1 heterocycles. The van der Waals surface area contributed by atoms with Crippen LogP contribution < -0.4 is 5.32 Å². The van der Waals surface area contributed by atoms with Crippen molar-refractivity contribution in [3.8, 4) is 6.07 Å². The van der Waals surface area contributed by atoms with E-state index in [1.54, 1.807) is 0 Å². The van der Waals surface area contributed by atoms with Gasteiger partial charge in [0.1, 0.15) is 16.5 Å². The predicted molar refractivity (Wildman–Crippen MR) is 68.1 cm³/mol. The molecule has 19 heavy (non-hydrogen) atoms. The average molecular weight is 282 g/mol. The Bertz CT molecular complexity index is 535. The smallest absolute Gasteiger partial charge is 0.255 e. The van der Waals surface area contributed by atoms with Crippen LogP contribution in [0.3, 0.4) is 0 Å². The standard InChI is InChI=1S/C13H13ClFN3O/c14-11-10(6-9(15)7-17-11)12(19)18-13(8-16)4-2-1-3-5-13/h6-7H,1-5H2,(H,18,19). The van der Waals surface area contributed by atoms with Crippen LogP contribution in [0.4, 0.5) is 4.39 Å². The summed E-state index contributed by atoms with van der Waals surface area (Å²) in [7, 11) is 0. The van der Waals surface area contributed by atoms with Gasteiger partial charge in [0, 0.05) is 0 Å². The van der Waals surface area contributed by atoms with Gasteiger partial charge in [-0.1, -0.05) is 30.9 Å². The second kappa shape index (κ2) is 5.54. The minimum Gasteiger partial charge on any atom is -0.334 e. The number of carbonyl (C=O) groups excluding carboxylic acids is 1. The van der Waals surface area contributed by atoms with Crippen molar-refractivity contribution in [2.24, 2.45) is 0 Å². The summed E-state index contributed by atoms with van der Waals surface area (Å²) in [5.74, 6) is -1.19. The van der Waals surface area contributed by atoms with Crippen LogP contribution in [0.1, 0.15) is 42.5 Å². The van der Waals surface area contributed by atoms with E-state index in [0.717, 1.165) is 31.5 Å². The fourth-order valence-corrected chi connectivity index (χ4v) is 2.48. The van der Waals surface area contributed by atoms with Gasteiger partial charge in [0.05, 0.1) is 17.8 Å². The van der Waals surface area contributed by atoms with Crippen LogP contribution in [0.25, 0.3) is 0 Å². The number of nitrogens with one attached hydrogen (secondary N) is 1. The van der Waals surface area contributed by atoms with Crippen LogP contribution in [0, 0.1) is 17.1 Å². The van der Waals surface area contributed by atoms with Crippen molar-refractivity contribution in [2.45, 2.75) is 37.6 Å². The largest absolute Gasteiger partial charge is 0.334 e. The van der Waals surface area contributed by atoms with Gasteiger partial charge in [-0.25, -0.2) is 9.37 Å². The van der Waals surface area contributed by atoms with E-state index in [1.165, 1.54) is 0 Å². The van der Waals surface area contributed by atoms with Crippen LogP contribution in [0.5, 0.6) is 0 Å². The lowest BCUT2D eigenvalue weighted by molar-refractivity contribution is 0.0902. The number of rotatable bonds is 2. The molecule has 0 spiro atoms. The number of aromatic nitrogens is 1. The Morgan fingerprint density at radius 2 is 2.16 bits per heavy atom. The molecule has 4 nitrogen and oxygen atoms in total. The van der Waals surface area contributed by atoms with Crippen molar-refractivity contribution < 1.29 is 9.18 Å². The average Bonchev–Trinajstić information content (AvgIpc) is 2.42. The van der Waals surface area contributed by atoms with Crippen molar-refractivity contribution in [3.05, 3.63) is 28.8 Å². The number of nitrogens with zero attached hydrogens (tertiary/aromatic N) is 2. The summed E-state index contributed by atoms with van der Waals surface area (Å²) in [4.78, 5) is 15.7. The Labute approximate surface area is 115 Å². The molecule has 1 aromatic rings. The van der Waals surface area contributed by atoms with Crippen LogP contribution in [0.2, 0.25) is 5.15 Å². The SMILES string of the molecule is N#CC1(NC(=O)c2cc(F)cnc2Cl)CCCCC1. The van der Waals surface area contributed by atoms with Crippen molar-refractivity contribution in [1.82, 2.24) is 10.3 Å². The molecule has 0 radical (unpaired) electrons. The van der Waals surface area contributed by atoms with Crippen LogP contribution in [-0.4, -0.2) is 16.4 Å². The molecule has 0 atom stereocenters. The molecule has 0 bridgehead atoms. The highest BCUT2D eigenvalue weighted by Crippen LogP contribution is 2.28. The van der Waals surface area contributed by atoms with E-state index in [2.05, 4.69) is 16.4 Å². The Balaban J connectivity index is 2.20. The summed E-state index contributed by atoms with van der Waals surface area (Å²) in [6, 6.07) is 3.19. The van der Waals surface area contributed by atoms with Gasteiger partial charge in [-0.15, -0.1) is 0 Å². The number of carbonyl (C=O) groups is 1. The quantitative estimate of drug-likeness (QED) is 0.848. The molecule has 6 heteroatoms. The zero-order chi connectivity index (χ0) is 13.9. The minimum atomic E-state index is -0.870. The van der Waals surface area contributed by atoms with Gasteiger partial charge in [0.2, 0.25) is 0 Å². The first-order valence-corrected chi connectivity index (χ1v) is 6.49. The van der Waals surface area contributed by atoms with E-state index in [9.17, 15) is 14.4 Å². The van der Waals surface area contributed by atoms with E-state index in [1.807, 2.05) is 0 Å². The summed E-state index contributed by atoms with van der Waals surface area (Å²) in [6.45, 7) is 0. The third kappa shape index (κ3) is 3.02. The van der Waals surface area contributed by atoms with Gasteiger partial charge in [-0.2, -0.15) is 5.26 Å². The highest BCUT2D eigenvalue weighted by atomic mass is 35.5. The molecule has 0 saturated heterocycles. The molecular weight excluding hydrogens is 269 g/mol. The molecule has 1 N–H and O–H groups in total. The maximum absolute atomic E-state index is 13.1. The van der Waals surface area contributed by atoms with Crippen molar-refractivity contribution >= 4 is 17.5 Å². The molecule has 1 fully saturated rings. The maximum atomic E-state index is 13.1. The van der Waals surface area contributed by atoms with Gasteiger partial charge in [-0.05, 0) is 18.9 Å². The number of hydrogen-bond donors (Lipinski definition) is 1. The first-order chi connectivity index (χ1) is 9.06. The van der Waals surface area contributed by atoms with Crippen molar-refractivity contribution in [1.29, 1.82) is 5.26 Å². The van der Waals surface area contributed by atoms with E-state index >= 15 is 0 Å². The van der Waals surface area contributed by atoms with E-state index in [0.29, 0.717) is 12.8 Å². The highest BCUT2D eigenvalue weighted by molar-refractivity contribution is 6.32. The van der Waals surface area contributed by atoms with Gasteiger partial charge >= 0.3 is 0 Å². The zero-order valence-corrected chi connectivity index (χ0v) is 11.0. The van der Waals surface area contributed by atoms with Gasteiger partial charge < -0.3 is 5.32 Å². The molecule has 1 aromatic heterocycles. The normalized spacial score (nSPS) is 17.5. The molecule has 0 aromatic carbocycles. The fraction of sp³-hybridized carbons (Fsp3) is 0.462. The molecular formula is C13H13ClFN3O. The number of amides is 1. The van der Waals surface area contributed by atoms with Gasteiger partial charge in [0.25, 0.3) is 5.91 Å². The second-order valence-corrected chi connectivity index (χ2v) is 5.06. The second-order valence-electron chi connectivity index (χ2n) is 4.70. The van der Waals surface area contributed by atoms with E-state index < -0.39 is 17.3 Å². The number of hydrogen-bond acceptors (Lipinski definition) is 3. The van der Waals surface area contributed by atoms with E-state index in [4.69, 9.17) is 11.6 Å². The molecule has 1 saturated carbocycles. The fourth-order valence-electron chi connectivity index (χ4n) is 2.29. The molecule has 100 valence electrons. The van der Waals surface area contributed by atoms with Crippen LogP contribution >= 0.6 is 11.6 Å². The summed E-state index contributed by atoms with van der Waals surface area (Å²) in [6.07, 6.45) is 5.00. The summed E-state index contributed by atoms with van der Waals surface area (Å²) in [5.41, 5.74) is -0.910. The van der Waals surface area contributed by atoms with Crippen LogP contribution in [0.15, 0.2) is 12.3 Å². The first-order valence-electron chi connectivity index (χ1n) is 6.11. The molecule has 0 unspecified atom stereocenters. The highest BCUT2D eigenvalue weighted by Gasteiger charge is 2.34. The van der Waals surface area contributed by atoms with Crippen LogP contribution in [-0.2, 0) is 0 Å². The lowest BCUT2D eigenvalue weighted by Gasteiger charge is -2.31. The summed E-state index contributed by atoms with van der Waals surface area (Å²) < 4.78 is 13.1. The number of halogens is 2.